The van der Waals surface area contributed by atoms with Crippen LogP contribution in [0.25, 0.3) is 0 Å². The Morgan fingerprint density at radius 2 is 1.89 bits per heavy atom. The van der Waals surface area contributed by atoms with E-state index in [1.165, 1.54) is 0 Å². The van der Waals surface area contributed by atoms with Crippen molar-refractivity contribution in [1.29, 1.82) is 0 Å². The van der Waals surface area contributed by atoms with Gasteiger partial charge in [0.15, 0.2) is 15.1 Å². The predicted molar refractivity (Wildman–Crippen MR) is 31.9 cm³/mol. The molecule has 54 valence electrons. The van der Waals surface area contributed by atoms with Gasteiger partial charge in [0.05, 0.1) is 0 Å². The molecule has 0 heterocycles. The van der Waals surface area contributed by atoms with Crippen molar-refractivity contribution in [3.05, 3.63) is 0 Å². The Morgan fingerprint density at radius 1 is 1.56 bits per heavy atom. The van der Waals surface area contributed by atoms with Crippen molar-refractivity contribution in [3.8, 4) is 0 Å². The van der Waals surface area contributed by atoms with Crippen molar-refractivity contribution in [2.75, 3.05) is 6.26 Å². The summed E-state index contributed by atoms with van der Waals surface area (Å²) in [7, 11) is -3.40. The van der Waals surface area contributed by atoms with Crippen molar-refractivity contribution in [3.63, 3.8) is 0 Å². The Bertz CT molecular complexity index is 203. The molecular formula is C4H8O4S. The smallest absolute Gasteiger partial charge is 0.321 e. The van der Waals surface area contributed by atoms with E-state index in [9.17, 15) is 13.2 Å². The second-order valence-electron chi connectivity index (χ2n) is 1.81. The van der Waals surface area contributed by atoms with E-state index in [0.29, 0.717) is 0 Å². The fraction of sp³-hybridized carbons (Fsp3) is 0.750. The third-order valence-electron chi connectivity index (χ3n) is 0.990. The summed E-state index contributed by atoms with van der Waals surface area (Å²) in [4.78, 5) is 9.97. The van der Waals surface area contributed by atoms with Gasteiger partial charge in [0, 0.05) is 6.26 Å². The van der Waals surface area contributed by atoms with Crippen LogP contribution in [-0.4, -0.2) is 31.0 Å². The summed E-state index contributed by atoms with van der Waals surface area (Å²) in [5, 5.41) is 6.84. The van der Waals surface area contributed by atoms with Crippen LogP contribution < -0.4 is 0 Å². The SMILES string of the molecule is C[C@H](C(=O)O)S(C)(=O)=O. The molecule has 0 bridgehead atoms. The lowest BCUT2D eigenvalue weighted by molar-refractivity contribution is -0.136. The van der Waals surface area contributed by atoms with Crippen LogP contribution in [0.4, 0.5) is 0 Å². The highest BCUT2D eigenvalue weighted by atomic mass is 32.2. The second-order valence-corrected chi connectivity index (χ2v) is 4.18. The summed E-state index contributed by atoms with van der Waals surface area (Å²) >= 11 is 0. The molecular weight excluding hydrogens is 144 g/mol. The summed E-state index contributed by atoms with van der Waals surface area (Å²) in [6.07, 6.45) is 0.895. The van der Waals surface area contributed by atoms with Gasteiger partial charge in [-0.25, -0.2) is 8.42 Å². The number of hydrogen-bond donors (Lipinski definition) is 1. The van der Waals surface area contributed by atoms with Gasteiger partial charge < -0.3 is 5.11 Å². The van der Waals surface area contributed by atoms with E-state index in [1.807, 2.05) is 0 Å². The molecule has 5 heteroatoms. The lowest BCUT2D eigenvalue weighted by atomic mass is 10.5. The van der Waals surface area contributed by atoms with E-state index < -0.39 is 21.1 Å². The molecule has 1 N–H and O–H groups in total. The van der Waals surface area contributed by atoms with E-state index in [4.69, 9.17) is 5.11 Å². The second kappa shape index (κ2) is 2.34. The van der Waals surface area contributed by atoms with Gasteiger partial charge in [0.1, 0.15) is 0 Å². The van der Waals surface area contributed by atoms with E-state index >= 15 is 0 Å². The van der Waals surface area contributed by atoms with Crippen molar-refractivity contribution in [1.82, 2.24) is 0 Å². The molecule has 4 nitrogen and oxygen atoms in total. The van der Waals surface area contributed by atoms with Crippen molar-refractivity contribution in [2.24, 2.45) is 0 Å². The number of sulfone groups is 1. The standard InChI is InChI=1S/C4H8O4S/c1-3(4(5)6)9(2,7)8/h3H,1-2H3,(H,5,6)/t3-/m1/s1. The van der Waals surface area contributed by atoms with Crippen molar-refractivity contribution >= 4 is 15.8 Å². The molecule has 0 rings (SSSR count). The van der Waals surface area contributed by atoms with Gasteiger partial charge in [-0.1, -0.05) is 0 Å². The molecule has 0 aromatic carbocycles. The minimum Gasteiger partial charge on any atom is -0.480 e. The Morgan fingerprint density at radius 3 is 1.89 bits per heavy atom. The predicted octanol–water partition coefficient (Wildman–Crippen LogP) is -0.496. The first kappa shape index (κ1) is 8.42. The molecule has 9 heavy (non-hydrogen) atoms. The number of rotatable bonds is 2. The Hall–Kier alpha value is -0.580. The molecule has 0 saturated carbocycles. The lowest BCUT2D eigenvalue weighted by Crippen LogP contribution is -2.25. The fourth-order valence-electron chi connectivity index (χ4n) is 0.183. The normalized spacial score (nSPS) is 14.9. The summed E-state index contributed by atoms with van der Waals surface area (Å²) in [5.74, 6) is -1.31. The van der Waals surface area contributed by atoms with Gasteiger partial charge in [-0.2, -0.15) is 0 Å². The molecule has 0 fully saturated rings. The zero-order valence-electron chi connectivity index (χ0n) is 5.16. The Labute approximate surface area is 53.4 Å². The van der Waals surface area contributed by atoms with Crippen LogP contribution in [0.5, 0.6) is 0 Å². The zero-order chi connectivity index (χ0) is 7.65. The van der Waals surface area contributed by atoms with Gasteiger partial charge in [-0.3, -0.25) is 4.79 Å². The van der Waals surface area contributed by atoms with Crippen molar-refractivity contribution in [2.45, 2.75) is 12.2 Å². The molecule has 0 radical (unpaired) electrons. The number of carbonyl (C=O) groups is 1. The molecule has 0 aromatic heterocycles. The van der Waals surface area contributed by atoms with Crippen LogP contribution in [0.15, 0.2) is 0 Å². The largest absolute Gasteiger partial charge is 0.480 e. The van der Waals surface area contributed by atoms with Gasteiger partial charge >= 0.3 is 5.97 Å². The lowest BCUT2D eigenvalue weighted by Gasteiger charge is -1.99. The molecule has 0 unspecified atom stereocenters. The molecule has 0 aliphatic heterocycles. The highest BCUT2D eigenvalue weighted by Crippen LogP contribution is 1.95. The third-order valence-corrected chi connectivity index (χ3v) is 2.48. The first-order valence-electron chi connectivity index (χ1n) is 2.27. The van der Waals surface area contributed by atoms with Gasteiger partial charge in [-0.15, -0.1) is 0 Å². The first-order valence-corrected chi connectivity index (χ1v) is 4.23. The van der Waals surface area contributed by atoms with Crippen LogP contribution >= 0.6 is 0 Å². The Kier molecular flexibility index (Phi) is 2.19. The van der Waals surface area contributed by atoms with Crippen molar-refractivity contribution < 1.29 is 18.3 Å². The van der Waals surface area contributed by atoms with Crippen LogP contribution in [0.3, 0.4) is 0 Å². The highest BCUT2D eigenvalue weighted by molar-refractivity contribution is 7.92. The van der Waals surface area contributed by atoms with E-state index in [2.05, 4.69) is 0 Å². The fourth-order valence-corrected chi connectivity index (χ4v) is 0.549. The van der Waals surface area contributed by atoms with E-state index in [1.54, 1.807) is 0 Å². The number of carboxylic acid groups (broad SMARTS) is 1. The maximum Gasteiger partial charge on any atom is 0.321 e. The minimum absolute atomic E-state index is 0.895. The minimum atomic E-state index is -3.40. The summed E-state index contributed by atoms with van der Waals surface area (Å²) < 4.78 is 20.8. The molecule has 0 aliphatic carbocycles. The van der Waals surface area contributed by atoms with Crippen LogP contribution in [-0.2, 0) is 14.6 Å². The number of hydrogen-bond acceptors (Lipinski definition) is 3. The Balaban J connectivity index is 4.43. The summed E-state index contributed by atoms with van der Waals surface area (Å²) in [6.45, 7) is 1.14. The molecule has 0 spiro atoms. The summed E-state index contributed by atoms with van der Waals surface area (Å²) in [6, 6.07) is 0. The maximum atomic E-state index is 10.4. The average Bonchev–Trinajstić information content (AvgIpc) is 1.62. The first-order chi connectivity index (χ1) is 3.85. The van der Waals surface area contributed by atoms with Crippen LogP contribution in [0.2, 0.25) is 0 Å². The van der Waals surface area contributed by atoms with E-state index in [-0.39, 0.29) is 0 Å². The van der Waals surface area contributed by atoms with Crippen LogP contribution in [0.1, 0.15) is 6.92 Å². The molecule has 1 atom stereocenters. The monoisotopic (exact) mass is 152 g/mol. The quantitative estimate of drug-likeness (QED) is 0.579. The average molecular weight is 152 g/mol. The van der Waals surface area contributed by atoms with Gasteiger partial charge in [-0.05, 0) is 6.92 Å². The highest BCUT2D eigenvalue weighted by Gasteiger charge is 2.21. The molecule has 0 aromatic rings. The zero-order valence-corrected chi connectivity index (χ0v) is 5.97. The maximum absolute atomic E-state index is 10.4. The molecule has 0 saturated heterocycles. The molecule has 0 amide bonds. The van der Waals surface area contributed by atoms with Gasteiger partial charge in [0.25, 0.3) is 0 Å². The number of aliphatic carboxylic acids is 1. The van der Waals surface area contributed by atoms with Crippen LogP contribution in [0, 0.1) is 0 Å². The van der Waals surface area contributed by atoms with Gasteiger partial charge in [0.2, 0.25) is 0 Å². The summed E-state index contributed by atoms with van der Waals surface area (Å²) in [5.41, 5.74) is 0. The topological polar surface area (TPSA) is 71.4 Å². The molecule has 0 aliphatic rings. The van der Waals surface area contributed by atoms with E-state index in [0.717, 1.165) is 13.2 Å². The number of carboxylic acids is 1. The third kappa shape index (κ3) is 2.46.